The zero-order valence-electron chi connectivity index (χ0n) is 25.4. The topological polar surface area (TPSA) is 120 Å². The van der Waals surface area contributed by atoms with Crippen molar-refractivity contribution in [2.75, 3.05) is 19.6 Å². The number of phenols is 1. The third kappa shape index (κ3) is 7.10. The van der Waals surface area contributed by atoms with Crippen LogP contribution in [0.25, 0.3) is 11.0 Å². The summed E-state index contributed by atoms with van der Waals surface area (Å²) >= 11 is 6.08. The smallest absolute Gasteiger partial charge is 0.287 e. The highest BCUT2D eigenvalue weighted by Gasteiger charge is 2.32. The van der Waals surface area contributed by atoms with Crippen LogP contribution in [0.2, 0.25) is 5.02 Å². The number of likely N-dealkylation sites (tertiary alicyclic amines) is 2. The number of amides is 3. The third-order valence-corrected chi connectivity index (χ3v) is 9.23. The Bertz CT molecular complexity index is 1810. The maximum atomic E-state index is 14.0. The highest BCUT2D eigenvalue weighted by molar-refractivity contribution is 6.30. The number of nitrogens with zero attached hydrogens (tertiary/aromatic N) is 2. The van der Waals surface area contributed by atoms with Gasteiger partial charge in [0, 0.05) is 50.1 Å². The number of aromatic hydroxyl groups is 1. The molecule has 0 spiro atoms. The molecule has 1 aromatic heterocycles. The summed E-state index contributed by atoms with van der Waals surface area (Å²) in [5, 5.41) is 13.3. The summed E-state index contributed by atoms with van der Waals surface area (Å²) in [6.45, 7) is 2.42. The SMILES string of the molecule is O=C(N[C@@H](Cc1ccc(Cl)cc1)C(=O)N1CCC(c2ccccc2CN2CCCCC2=O)CC1)c1cc(=O)c2cc(O)ccc2o1. The van der Waals surface area contributed by atoms with Crippen LogP contribution >= 0.6 is 11.6 Å². The zero-order valence-corrected chi connectivity index (χ0v) is 26.2. The molecule has 0 saturated carbocycles. The summed E-state index contributed by atoms with van der Waals surface area (Å²) in [5.74, 6) is -0.764. The maximum absolute atomic E-state index is 14.0. The molecule has 9 nitrogen and oxygen atoms in total. The molecule has 0 radical (unpaired) electrons. The van der Waals surface area contributed by atoms with E-state index in [-0.39, 0.29) is 46.6 Å². The average molecular weight is 642 g/mol. The Morgan fingerprint density at radius 3 is 2.48 bits per heavy atom. The Hall–Kier alpha value is -4.63. The number of benzene rings is 3. The van der Waals surface area contributed by atoms with Crippen LogP contribution in [0, 0.1) is 0 Å². The maximum Gasteiger partial charge on any atom is 0.287 e. The summed E-state index contributed by atoms with van der Waals surface area (Å²) < 4.78 is 5.70. The Kier molecular flexibility index (Phi) is 9.40. The number of fused-ring (bicyclic) bond motifs is 1. The van der Waals surface area contributed by atoms with Crippen molar-refractivity contribution >= 4 is 40.3 Å². The molecule has 2 fully saturated rings. The predicted molar refractivity (Wildman–Crippen MR) is 175 cm³/mol. The Morgan fingerprint density at radius 1 is 0.957 bits per heavy atom. The average Bonchev–Trinajstić information content (AvgIpc) is 3.06. The number of piperidine rings is 2. The van der Waals surface area contributed by atoms with Gasteiger partial charge in [0.25, 0.3) is 5.91 Å². The van der Waals surface area contributed by atoms with E-state index >= 15 is 0 Å². The summed E-state index contributed by atoms with van der Waals surface area (Å²) in [5.41, 5.74) is 2.87. The van der Waals surface area contributed by atoms with E-state index in [1.165, 1.54) is 23.8 Å². The number of carbonyl (C=O) groups excluding carboxylic acids is 3. The molecular formula is C36H36ClN3O6. The van der Waals surface area contributed by atoms with E-state index in [0.29, 0.717) is 31.1 Å². The molecule has 3 amide bonds. The van der Waals surface area contributed by atoms with E-state index in [4.69, 9.17) is 16.0 Å². The molecule has 10 heteroatoms. The minimum Gasteiger partial charge on any atom is -0.508 e. The first-order chi connectivity index (χ1) is 22.2. The molecular weight excluding hydrogens is 606 g/mol. The van der Waals surface area contributed by atoms with Crippen molar-refractivity contribution in [3.63, 3.8) is 0 Å². The molecule has 3 aromatic carbocycles. The van der Waals surface area contributed by atoms with Gasteiger partial charge in [-0.05, 0) is 78.6 Å². The van der Waals surface area contributed by atoms with Crippen molar-refractivity contribution in [3.05, 3.63) is 110 Å². The van der Waals surface area contributed by atoms with Crippen LogP contribution in [0.1, 0.15) is 65.3 Å². The lowest BCUT2D eigenvalue weighted by Crippen LogP contribution is -2.51. The van der Waals surface area contributed by atoms with Crippen molar-refractivity contribution in [3.8, 4) is 5.75 Å². The molecule has 0 bridgehead atoms. The molecule has 0 unspecified atom stereocenters. The van der Waals surface area contributed by atoms with E-state index in [0.717, 1.165) is 49.4 Å². The van der Waals surface area contributed by atoms with Gasteiger partial charge in [0.1, 0.15) is 17.4 Å². The van der Waals surface area contributed by atoms with Gasteiger partial charge in [-0.25, -0.2) is 0 Å². The molecule has 46 heavy (non-hydrogen) atoms. The van der Waals surface area contributed by atoms with Crippen LogP contribution in [0.3, 0.4) is 0 Å². The Balaban J connectivity index is 1.17. The van der Waals surface area contributed by atoms with E-state index in [9.17, 15) is 24.3 Å². The van der Waals surface area contributed by atoms with Crippen LogP contribution < -0.4 is 10.7 Å². The van der Waals surface area contributed by atoms with Gasteiger partial charge < -0.3 is 24.6 Å². The van der Waals surface area contributed by atoms with Gasteiger partial charge >= 0.3 is 0 Å². The molecule has 4 aromatic rings. The van der Waals surface area contributed by atoms with E-state index < -0.39 is 17.4 Å². The van der Waals surface area contributed by atoms with Crippen molar-refractivity contribution in [2.45, 2.75) is 57.0 Å². The number of hydrogen-bond donors (Lipinski definition) is 2. The molecule has 238 valence electrons. The Morgan fingerprint density at radius 2 is 1.72 bits per heavy atom. The molecule has 1 atom stereocenters. The first kappa shape index (κ1) is 31.4. The zero-order chi connectivity index (χ0) is 32.2. The number of carbonyl (C=O) groups is 3. The van der Waals surface area contributed by atoms with Gasteiger partial charge in [0.2, 0.25) is 11.8 Å². The van der Waals surface area contributed by atoms with E-state index in [1.807, 2.05) is 29.2 Å². The fourth-order valence-electron chi connectivity index (χ4n) is 6.48. The lowest BCUT2D eigenvalue weighted by molar-refractivity contribution is -0.135. The molecule has 2 aliphatic rings. The quantitative estimate of drug-likeness (QED) is 0.265. The first-order valence-electron chi connectivity index (χ1n) is 15.7. The number of nitrogens with one attached hydrogen (secondary N) is 1. The minimum absolute atomic E-state index is 0.0880. The standard InChI is InChI=1S/C36H36ClN3O6/c37-26-10-8-23(9-11-26)19-30(38-35(44)33-21-31(42)29-20-27(41)12-13-32(29)46-33)36(45)39-17-14-24(15-18-39)28-6-2-1-5-25(28)22-40-16-4-3-7-34(40)43/h1-2,5-6,8-13,20-21,24,30,41H,3-4,7,14-19,22H2,(H,38,44)/t30-/m0/s1. The molecule has 2 N–H and O–H groups in total. The second kappa shape index (κ2) is 13.8. The van der Waals surface area contributed by atoms with Gasteiger partial charge in [-0.3, -0.25) is 19.2 Å². The summed E-state index contributed by atoms with van der Waals surface area (Å²) in [7, 11) is 0. The van der Waals surface area contributed by atoms with Gasteiger partial charge in [0.15, 0.2) is 11.2 Å². The van der Waals surface area contributed by atoms with E-state index in [1.54, 1.807) is 17.0 Å². The number of rotatable bonds is 8. The lowest BCUT2D eigenvalue weighted by Gasteiger charge is -2.36. The fraction of sp³-hybridized carbons (Fsp3) is 0.333. The summed E-state index contributed by atoms with van der Waals surface area (Å²) in [6, 6.07) is 19.6. The molecule has 0 aliphatic carbocycles. The fourth-order valence-corrected chi connectivity index (χ4v) is 6.61. The monoisotopic (exact) mass is 641 g/mol. The van der Waals surface area contributed by atoms with Gasteiger partial charge in [-0.2, -0.15) is 0 Å². The largest absolute Gasteiger partial charge is 0.508 e. The summed E-state index contributed by atoms with van der Waals surface area (Å²) in [4.78, 5) is 56.3. The number of halogens is 1. The summed E-state index contributed by atoms with van der Waals surface area (Å²) in [6.07, 6.45) is 4.31. The highest BCUT2D eigenvalue weighted by Crippen LogP contribution is 2.32. The van der Waals surface area contributed by atoms with Crippen molar-refractivity contribution in [1.29, 1.82) is 0 Å². The first-order valence-corrected chi connectivity index (χ1v) is 16.1. The van der Waals surface area contributed by atoms with Crippen LogP contribution in [0.15, 0.2) is 82.0 Å². The van der Waals surface area contributed by atoms with Crippen LogP contribution in [-0.2, 0) is 22.6 Å². The molecule has 3 heterocycles. The normalized spacial score (nSPS) is 16.4. The second-order valence-electron chi connectivity index (χ2n) is 12.1. The van der Waals surface area contributed by atoms with Crippen molar-refractivity contribution in [1.82, 2.24) is 15.1 Å². The van der Waals surface area contributed by atoms with Gasteiger partial charge in [0.05, 0.1) is 5.39 Å². The molecule has 2 saturated heterocycles. The highest BCUT2D eigenvalue weighted by atomic mass is 35.5. The van der Waals surface area contributed by atoms with Crippen LogP contribution in [0.5, 0.6) is 5.75 Å². The number of phenolic OH excluding ortho intramolecular Hbond substituents is 1. The molecule has 2 aliphatic heterocycles. The van der Waals surface area contributed by atoms with Gasteiger partial charge in [-0.1, -0.05) is 48.0 Å². The third-order valence-electron chi connectivity index (χ3n) is 8.98. The van der Waals surface area contributed by atoms with Crippen molar-refractivity contribution in [2.24, 2.45) is 0 Å². The van der Waals surface area contributed by atoms with E-state index in [2.05, 4.69) is 17.4 Å². The predicted octanol–water partition coefficient (Wildman–Crippen LogP) is 5.41. The lowest BCUT2D eigenvalue weighted by atomic mass is 9.86. The molecule has 6 rings (SSSR count). The van der Waals surface area contributed by atoms with Crippen LogP contribution in [-0.4, -0.2) is 58.3 Å². The van der Waals surface area contributed by atoms with Gasteiger partial charge in [-0.15, -0.1) is 0 Å². The van der Waals surface area contributed by atoms with Crippen LogP contribution in [0.4, 0.5) is 0 Å². The second-order valence-corrected chi connectivity index (χ2v) is 12.5. The van der Waals surface area contributed by atoms with Crippen molar-refractivity contribution < 1.29 is 23.9 Å². The minimum atomic E-state index is -0.913. The Labute approximate surface area is 271 Å². The number of hydrogen-bond acceptors (Lipinski definition) is 6.